The van der Waals surface area contributed by atoms with Crippen LogP contribution >= 0.6 is 0 Å². The zero-order valence-electron chi connectivity index (χ0n) is 16.8. The van der Waals surface area contributed by atoms with Gasteiger partial charge in [-0.05, 0) is 25.3 Å². The number of hydrogen-bond donors (Lipinski definition) is 1. The second kappa shape index (κ2) is 7.59. The number of carbonyl (C=O) groups is 1. The topological polar surface area (TPSA) is 94.6 Å². The zero-order chi connectivity index (χ0) is 20.5. The third-order valence-electron chi connectivity index (χ3n) is 4.98. The van der Waals surface area contributed by atoms with E-state index in [1.165, 1.54) is 0 Å². The summed E-state index contributed by atoms with van der Waals surface area (Å²) in [5, 5.41) is 9.76. The Hall–Kier alpha value is -2.94. The highest BCUT2D eigenvalue weighted by atomic mass is 16.5. The van der Waals surface area contributed by atoms with Gasteiger partial charge in [-0.3, -0.25) is 4.79 Å². The number of carbonyl (C=O) groups excluding carboxylic acids is 1. The first-order chi connectivity index (χ1) is 13.3. The molecule has 6 nitrogen and oxygen atoms in total. The molecule has 1 aromatic carbocycles. The highest BCUT2D eigenvalue weighted by molar-refractivity contribution is 6.00. The van der Waals surface area contributed by atoms with Gasteiger partial charge in [0.2, 0.25) is 5.88 Å². The third kappa shape index (κ3) is 3.57. The molecule has 2 N–H and O–H groups in total. The molecule has 0 aromatic heterocycles. The SMILES string of the molecule is CCOc1ccc([C@@H]2C(C#N)=C(N)OC3=C2C(=O)CC(C)(C)C3)c(OCC)c1. The Balaban J connectivity index is 2.19. The monoisotopic (exact) mass is 382 g/mol. The molecule has 0 radical (unpaired) electrons. The number of nitrogens with zero attached hydrogens (tertiary/aromatic N) is 1. The molecule has 2 aliphatic rings. The van der Waals surface area contributed by atoms with Crippen LogP contribution in [0.2, 0.25) is 0 Å². The van der Waals surface area contributed by atoms with Gasteiger partial charge in [0.1, 0.15) is 28.9 Å². The first-order valence-electron chi connectivity index (χ1n) is 9.54. The van der Waals surface area contributed by atoms with E-state index >= 15 is 0 Å². The van der Waals surface area contributed by atoms with Gasteiger partial charge in [-0.25, -0.2) is 0 Å². The summed E-state index contributed by atoms with van der Waals surface area (Å²) >= 11 is 0. The van der Waals surface area contributed by atoms with E-state index in [1.807, 2.05) is 39.8 Å². The second-order valence-electron chi connectivity index (χ2n) is 7.77. The van der Waals surface area contributed by atoms with Gasteiger partial charge in [-0.2, -0.15) is 5.26 Å². The number of Topliss-reactive ketones (excluding diaryl/α,β-unsaturated/α-hetero) is 1. The van der Waals surface area contributed by atoms with E-state index in [-0.39, 0.29) is 22.7 Å². The molecular formula is C22H26N2O4. The zero-order valence-corrected chi connectivity index (χ0v) is 16.8. The van der Waals surface area contributed by atoms with Crippen molar-refractivity contribution in [3.8, 4) is 17.6 Å². The fourth-order valence-corrected chi connectivity index (χ4v) is 3.89. The van der Waals surface area contributed by atoms with Crippen LogP contribution in [-0.4, -0.2) is 19.0 Å². The third-order valence-corrected chi connectivity index (χ3v) is 4.98. The minimum Gasteiger partial charge on any atom is -0.494 e. The number of ether oxygens (including phenoxy) is 3. The number of rotatable bonds is 5. The predicted molar refractivity (Wildman–Crippen MR) is 104 cm³/mol. The van der Waals surface area contributed by atoms with E-state index in [2.05, 4.69) is 6.07 Å². The van der Waals surface area contributed by atoms with Gasteiger partial charge in [0.05, 0.1) is 19.1 Å². The Morgan fingerprint density at radius 1 is 1.25 bits per heavy atom. The molecule has 3 rings (SSSR count). The lowest BCUT2D eigenvalue weighted by Crippen LogP contribution is -2.33. The standard InChI is InChI=1S/C22H26N2O4/c1-5-26-13-7-8-14(17(9-13)27-6-2)19-15(12-23)21(24)28-18-11-22(3,4)10-16(25)20(18)19/h7-9,19H,5-6,10-11,24H2,1-4H3/t19-/m1/s1. The molecule has 0 fully saturated rings. The molecule has 1 aliphatic heterocycles. The van der Waals surface area contributed by atoms with Crippen molar-refractivity contribution in [3.63, 3.8) is 0 Å². The van der Waals surface area contributed by atoms with Crippen molar-refractivity contribution in [3.05, 3.63) is 46.6 Å². The van der Waals surface area contributed by atoms with Crippen molar-refractivity contribution in [1.29, 1.82) is 5.26 Å². The summed E-state index contributed by atoms with van der Waals surface area (Å²) < 4.78 is 17.2. The summed E-state index contributed by atoms with van der Waals surface area (Å²) in [6.45, 7) is 8.81. The summed E-state index contributed by atoms with van der Waals surface area (Å²) in [5.41, 5.74) is 7.33. The average Bonchev–Trinajstić information content (AvgIpc) is 2.60. The minimum absolute atomic E-state index is 0.0205. The Labute approximate surface area is 165 Å². The lowest BCUT2D eigenvalue weighted by Gasteiger charge is -2.37. The van der Waals surface area contributed by atoms with Crippen molar-refractivity contribution in [2.45, 2.75) is 46.5 Å². The Morgan fingerprint density at radius 2 is 1.96 bits per heavy atom. The van der Waals surface area contributed by atoms with Gasteiger partial charge in [0.25, 0.3) is 0 Å². The molecule has 0 saturated heterocycles. The maximum atomic E-state index is 13.1. The van der Waals surface area contributed by atoms with Crippen LogP contribution in [0, 0.1) is 16.7 Å². The van der Waals surface area contributed by atoms with Gasteiger partial charge >= 0.3 is 0 Å². The molecule has 0 amide bonds. The first kappa shape index (κ1) is 19.8. The van der Waals surface area contributed by atoms with E-state index in [0.717, 1.165) is 0 Å². The second-order valence-corrected chi connectivity index (χ2v) is 7.77. The minimum atomic E-state index is -0.602. The van der Waals surface area contributed by atoms with Crippen LogP contribution in [0.3, 0.4) is 0 Å². The van der Waals surface area contributed by atoms with Gasteiger partial charge in [0, 0.05) is 30.0 Å². The summed E-state index contributed by atoms with van der Waals surface area (Å²) in [7, 11) is 0. The Kier molecular flexibility index (Phi) is 5.37. The molecule has 148 valence electrons. The van der Waals surface area contributed by atoms with E-state index in [4.69, 9.17) is 19.9 Å². The lowest BCUT2D eigenvalue weighted by atomic mass is 9.70. The summed E-state index contributed by atoms with van der Waals surface area (Å²) in [5.74, 6) is 1.22. The van der Waals surface area contributed by atoms with Crippen LogP contribution in [0.15, 0.2) is 41.0 Å². The van der Waals surface area contributed by atoms with Gasteiger partial charge in [0.15, 0.2) is 5.78 Å². The van der Waals surface area contributed by atoms with Crippen molar-refractivity contribution < 1.29 is 19.0 Å². The van der Waals surface area contributed by atoms with E-state index in [9.17, 15) is 10.1 Å². The summed E-state index contributed by atoms with van der Waals surface area (Å²) in [6.07, 6.45) is 0.982. The van der Waals surface area contributed by atoms with Gasteiger partial charge in [-0.1, -0.05) is 19.9 Å². The van der Waals surface area contributed by atoms with E-state index in [0.29, 0.717) is 54.5 Å². The Morgan fingerprint density at radius 3 is 2.61 bits per heavy atom. The molecular weight excluding hydrogens is 356 g/mol. The maximum Gasteiger partial charge on any atom is 0.205 e. The molecule has 6 heteroatoms. The van der Waals surface area contributed by atoms with Crippen LogP contribution in [-0.2, 0) is 9.53 Å². The smallest absolute Gasteiger partial charge is 0.205 e. The summed E-state index contributed by atoms with van der Waals surface area (Å²) in [6, 6.07) is 7.59. The summed E-state index contributed by atoms with van der Waals surface area (Å²) in [4.78, 5) is 13.1. The van der Waals surface area contributed by atoms with Crippen LogP contribution in [0.4, 0.5) is 0 Å². The number of allylic oxidation sites excluding steroid dienone is 3. The molecule has 0 bridgehead atoms. The van der Waals surface area contributed by atoms with Crippen molar-refractivity contribution >= 4 is 5.78 Å². The quantitative estimate of drug-likeness (QED) is 0.829. The van der Waals surface area contributed by atoms with E-state index < -0.39 is 5.92 Å². The highest BCUT2D eigenvalue weighted by Gasteiger charge is 2.43. The van der Waals surface area contributed by atoms with Crippen LogP contribution in [0.25, 0.3) is 0 Å². The van der Waals surface area contributed by atoms with Gasteiger partial charge < -0.3 is 19.9 Å². The Bertz CT molecular complexity index is 906. The van der Waals surface area contributed by atoms with Crippen LogP contribution in [0.1, 0.15) is 52.0 Å². The number of ketones is 1. The number of hydrogen-bond acceptors (Lipinski definition) is 6. The van der Waals surface area contributed by atoms with E-state index in [1.54, 1.807) is 6.07 Å². The van der Waals surface area contributed by atoms with Crippen molar-refractivity contribution in [1.82, 2.24) is 0 Å². The van der Waals surface area contributed by atoms with Crippen molar-refractivity contribution in [2.24, 2.45) is 11.1 Å². The lowest BCUT2D eigenvalue weighted by molar-refractivity contribution is -0.119. The number of benzene rings is 1. The first-order valence-corrected chi connectivity index (χ1v) is 9.54. The largest absolute Gasteiger partial charge is 0.494 e. The molecule has 28 heavy (non-hydrogen) atoms. The predicted octanol–water partition coefficient (Wildman–Crippen LogP) is 3.93. The highest BCUT2D eigenvalue weighted by Crippen LogP contribution is 2.49. The average molecular weight is 382 g/mol. The molecule has 1 aromatic rings. The molecule has 0 unspecified atom stereocenters. The van der Waals surface area contributed by atoms with Gasteiger partial charge in [-0.15, -0.1) is 0 Å². The van der Waals surface area contributed by atoms with Crippen LogP contribution in [0.5, 0.6) is 11.5 Å². The molecule has 0 spiro atoms. The fraction of sp³-hybridized carbons (Fsp3) is 0.455. The van der Waals surface area contributed by atoms with Crippen LogP contribution < -0.4 is 15.2 Å². The molecule has 1 atom stereocenters. The fourth-order valence-electron chi connectivity index (χ4n) is 3.89. The maximum absolute atomic E-state index is 13.1. The molecule has 0 saturated carbocycles. The normalized spacial score (nSPS) is 21.0. The van der Waals surface area contributed by atoms with Crippen molar-refractivity contribution in [2.75, 3.05) is 13.2 Å². The molecule has 1 heterocycles. The number of nitriles is 1. The molecule has 1 aliphatic carbocycles. The number of nitrogens with two attached hydrogens (primary N) is 1.